The van der Waals surface area contributed by atoms with Gasteiger partial charge in [-0.2, -0.15) is 10.1 Å². The summed E-state index contributed by atoms with van der Waals surface area (Å²) >= 11 is 0. The molecule has 0 spiro atoms. The second-order valence-corrected chi connectivity index (χ2v) is 8.27. The molecule has 0 bridgehead atoms. The second-order valence-electron chi connectivity index (χ2n) is 8.27. The van der Waals surface area contributed by atoms with E-state index < -0.39 is 11.8 Å². The van der Waals surface area contributed by atoms with Crippen molar-refractivity contribution in [2.45, 2.75) is 40.3 Å². The molecule has 3 heterocycles. The molecule has 4 aromatic rings. The number of amides is 2. The summed E-state index contributed by atoms with van der Waals surface area (Å²) in [4.78, 5) is 34.4. The zero-order valence-corrected chi connectivity index (χ0v) is 21.0. The smallest absolute Gasteiger partial charge is 0.298 e. The van der Waals surface area contributed by atoms with Gasteiger partial charge in [0, 0.05) is 44.1 Å². The molecule has 1 aromatic carbocycles. The molecule has 0 aliphatic rings. The van der Waals surface area contributed by atoms with Gasteiger partial charge >= 0.3 is 0 Å². The molecule has 0 fully saturated rings. The highest BCUT2D eigenvalue weighted by Gasteiger charge is 2.22. The summed E-state index contributed by atoms with van der Waals surface area (Å²) in [6.45, 7) is 6.65. The van der Waals surface area contributed by atoms with Crippen molar-refractivity contribution in [2.75, 3.05) is 13.2 Å². The SMILES string of the molecule is CC=CCn1c(=NC(=O)c2cc(C)nn2CC)n(-n2ccnc2)c2cc(C(N)=O)cc(OCCCO)c21. The van der Waals surface area contributed by atoms with Gasteiger partial charge < -0.3 is 20.1 Å². The predicted octanol–water partition coefficient (Wildman–Crippen LogP) is 1.65. The number of nitrogens with zero attached hydrogens (tertiary/aromatic N) is 7. The van der Waals surface area contributed by atoms with Crippen LogP contribution in [0.2, 0.25) is 0 Å². The van der Waals surface area contributed by atoms with Crippen LogP contribution in [0.25, 0.3) is 11.0 Å². The van der Waals surface area contributed by atoms with Crippen LogP contribution < -0.4 is 16.1 Å². The van der Waals surface area contributed by atoms with Crippen LogP contribution in [0.15, 0.2) is 54.1 Å². The van der Waals surface area contributed by atoms with E-state index in [1.54, 1.807) is 51.0 Å². The van der Waals surface area contributed by atoms with Crippen molar-refractivity contribution in [1.29, 1.82) is 0 Å². The average Bonchev–Trinajstić information content (AvgIpc) is 3.60. The van der Waals surface area contributed by atoms with Gasteiger partial charge in [0.2, 0.25) is 11.5 Å². The van der Waals surface area contributed by atoms with Gasteiger partial charge in [-0.1, -0.05) is 12.2 Å². The molecule has 0 aliphatic heterocycles. The number of imidazole rings is 2. The zero-order chi connectivity index (χ0) is 26.5. The fourth-order valence-electron chi connectivity index (χ4n) is 4.04. The van der Waals surface area contributed by atoms with E-state index in [2.05, 4.69) is 15.1 Å². The first-order chi connectivity index (χ1) is 17.9. The van der Waals surface area contributed by atoms with Crippen LogP contribution in [-0.2, 0) is 13.1 Å². The lowest BCUT2D eigenvalue weighted by Crippen LogP contribution is -2.31. The Morgan fingerprint density at radius 2 is 2.08 bits per heavy atom. The molecule has 2 amide bonds. The fourth-order valence-corrected chi connectivity index (χ4v) is 4.04. The maximum atomic E-state index is 13.5. The van der Waals surface area contributed by atoms with E-state index in [0.29, 0.717) is 47.7 Å². The molecule has 12 nitrogen and oxygen atoms in total. The molecule has 4 rings (SSSR count). The Balaban J connectivity index is 2.10. The minimum absolute atomic E-state index is 0.0487. The quantitative estimate of drug-likeness (QED) is 0.247. The van der Waals surface area contributed by atoms with E-state index in [9.17, 15) is 14.7 Å². The molecule has 0 radical (unpaired) electrons. The number of hydrogen-bond acceptors (Lipinski definition) is 6. The van der Waals surface area contributed by atoms with Crippen LogP contribution in [0.1, 0.15) is 46.8 Å². The summed E-state index contributed by atoms with van der Waals surface area (Å²) in [5.74, 6) is -0.732. The number of fused-ring (bicyclic) bond motifs is 1. The van der Waals surface area contributed by atoms with Crippen molar-refractivity contribution in [3.63, 3.8) is 0 Å². The number of ether oxygens (including phenoxy) is 1. The Morgan fingerprint density at radius 1 is 1.27 bits per heavy atom. The number of aromatic nitrogens is 6. The number of carbonyl (C=O) groups is 2. The number of primary amides is 1. The minimum Gasteiger partial charge on any atom is -0.491 e. The van der Waals surface area contributed by atoms with E-state index in [1.165, 1.54) is 0 Å². The summed E-state index contributed by atoms with van der Waals surface area (Å²) in [5.41, 5.74) is 8.35. The van der Waals surface area contributed by atoms with E-state index in [-0.39, 0.29) is 24.4 Å². The third kappa shape index (κ3) is 5.09. The van der Waals surface area contributed by atoms with Crippen LogP contribution in [0.3, 0.4) is 0 Å². The van der Waals surface area contributed by atoms with Crippen molar-refractivity contribution < 1.29 is 19.4 Å². The Kier molecular flexibility index (Phi) is 7.68. The van der Waals surface area contributed by atoms with Gasteiger partial charge in [0.25, 0.3) is 5.91 Å². The maximum Gasteiger partial charge on any atom is 0.298 e. The number of benzene rings is 1. The number of carbonyl (C=O) groups excluding carboxylic acids is 2. The Labute approximate surface area is 212 Å². The number of allylic oxidation sites excluding steroid dienone is 2. The van der Waals surface area contributed by atoms with E-state index in [4.69, 9.17) is 10.5 Å². The van der Waals surface area contributed by atoms with E-state index in [1.807, 2.05) is 37.5 Å². The highest BCUT2D eigenvalue weighted by molar-refractivity contribution is 5.98. The van der Waals surface area contributed by atoms with Gasteiger partial charge in [-0.05, 0) is 39.0 Å². The molecule has 0 aliphatic carbocycles. The van der Waals surface area contributed by atoms with Gasteiger partial charge in [0.05, 0.1) is 17.8 Å². The zero-order valence-electron chi connectivity index (χ0n) is 21.0. The van der Waals surface area contributed by atoms with Crippen LogP contribution in [0, 0.1) is 6.92 Å². The normalized spacial score (nSPS) is 12.2. The van der Waals surface area contributed by atoms with Gasteiger partial charge in [0.15, 0.2) is 0 Å². The van der Waals surface area contributed by atoms with E-state index in [0.717, 1.165) is 0 Å². The Bertz CT molecular complexity index is 1520. The van der Waals surface area contributed by atoms with Gasteiger partial charge in [-0.25, -0.2) is 14.3 Å². The largest absolute Gasteiger partial charge is 0.491 e. The molecule has 3 N–H and O–H groups in total. The summed E-state index contributed by atoms with van der Waals surface area (Å²) in [5, 5.41) is 13.6. The summed E-state index contributed by atoms with van der Waals surface area (Å²) < 4.78 is 12.8. The third-order valence-electron chi connectivity index (χ3n) is 5.70. The molecular weight excluding hydrogens is 476 g/mol. The molecule has 0 atom stereocenters. The molecule has 194 valence electrons. The standard InChI is InChI=1S/C25H30N8O4/c1-4-6-9-31-22-19(14-18(23(26)35)15-21(22)37-12-7-11-34)33(30-10-8-27-16-30)25(31)28-24(36)20-13-17(3)29-32(20)5-2/h4,6,8,10,13-16,34H,5,7,9,11-12H2,1-3H3,(H2,26,35). The lowest BCUT2D eigenvalue weighted by Gasteiger charge is -2.11. The van der Waals surface area contributed by atoms with Crippen LogP contribution in [0.5, 0.6) is 5.75 Å². The Hall–Kier alpha value is -4.45. The van der Waals surface area contributed by atoms with Crippen LogP contribution in [-0.4, -0.2) is 58.8 Å². The van der Waals surface area contributed by atoms with Crippen molar-refractivity contribution in [3.05, 3.63) is 71.6 Å². The van der Waals surface area contributed by atoms with Crippen LogP contribution in [0.4, 0.5) is 0 Å². The summed E-state index contributed by atoms with van der Waals surface area (Å²) in [7, 11) is 0. The van der Waals surface area contributed by atoms with Gasteiger partial charge in [-0.3, -0.25) is 14.3 Å². The molecule has 0 saturated heterocycles. The van der Waals surface area contributed by atoms with Gasteiger partial charge in [-0.15, -0.1) is 0 Å². The molecular formula is C25H30N8O4. The number of aliphatic hydroxyl groups is 1. The van der Waals surface area contributed by atoms with Crippen molar-refractivity contribution >= 4 is 22.8 Å². The number of rotatable bonds is 10. The first-order valence-electron chi connectivity index (χ1n) is 12.0. The number of aliphatic hydroxyl groups excluding tert-OH is 1. The van der Waals surface area contributed by atoms with Gasteiger partial charge in [0.1, 0.15) is 23.3 Å². The Morgan fingerprint density at radius 3 is 2.73 bits per heavy atom. The molecule has 12 heteroatoms. The predicted molar refractivity (Wildman–Crippen MR) is 136 cm³/mol. The maximum absolute atomic E-state index is 13.5. The third-order valence-corrected chi connectivity index (χ3v) is 5.70. The fraction of sp³-hybridized carbons (Fsp3) is 0.320. The minimum atomic E-state index is -0.635. The molecule has 0 unspecified atom stereocenters. The highest BCUT2D eigenvalue weighted by Crippen LogP contribution is 2.28. The first-order valence-corrected chi connectivity index (χ1v) is 12.0. The average molecular weight is 507 g/mol. The molecule has 37 heavy (non-hydrogen) atoms. The highest BCUT2D eigenvalue weighted by atomic mass is 16.5. The number of aryl methyl sites for hydroxylation is 2. The van der Waals surface area contributed by atoms with Crippen molar-refractivity contribution in [1.82, 2.24) is 28.7 Å². The topological polar surface area (TPSA) is 147 Å². The summed E-state index contributed by atoms with van der Waals surface area (Å²) in [6.07, 6.45) is 9.06. The van der Waals surface area contributed by atoms with Crippen molar-refractivity contribution in [3.8, 4) is 5.75 Å². The number of hydrogen-bond donors (Lipinski definition) is 2. The summed E-state index contributed by atoms with van der Waals surface area (Å²) in [6, 6.07) is 4.89. The van der Waals surface area contributed by atoms with Crippen molar-refractivity contribution in [2.24, 2.45) is 10.7 Å². The monoisotopic (exact) mass is 506 g/mol. The lowest BCUT2D eigenvalue weighted by atomic mass is 10.1. The van der Waals surface area contributed by atoms with E-state index >= 15 is 0 Å². The molecule has 0 saturated carbocycles. The van der Waals surface area contributed by atoms with Crippen LogP contribution >= 0.6 is 0 Å². The number of nitrogens with two attached hydrogens (primary N) is 1. The molecule has 3 aromatic heterocycles. The second kappa shape index (κ2) is 11.1. The first kappa shape index (κ1) is 25.6. The lowest BCUT2D eigenvalue weighted by molar-refractivity contribution is 0.0981.